The molecule has 0 unspecified atom stereocenters. The van der Waals surface area contributed by atoms with E-state index in [-0.39, 0.29) is 24.5 Å². The second-order valence-electron chi connectivity index (χ2n) is 6.83. The number of halogens is 2. The Morgan fingerprint density at radius 1 is 1.20 bits per heavy atom. The van der Waals surface area contributed by atoms with E-state index < -0.39 is 29.4 Å². The van der Waals surface area contributed by atoms with Crippen molar-refractivity contribution < 1.29 is 19.0 Å². The number of ether oxygens (including phenoxy) is 1. The first-order valence-corrected chi connectivity index (χ1v) is 9.53. The first kappa shape index (κ1) is 20.2. The quantitative estimate of drug-likeness (QED) is 0.663. The van der Waals surface area contributed by atoms with Gasteiger partial charge in [-0.1, -0.05) is 29.8 Å². The molecule has 9 heteroatoms. The van der Waals surface area contributed by atoms with Crippen molar-refractivity contribution in [2.24, 2.45) is 0 Å². The van der Waals surface area contributed by atoms with E-state index in [0.717, 1.165) is 10.7 Å². The summed E-state index contributed by atoms with van der Waals surface area (Å²) in [5.41, 5.74) is 0.198. The van der Waals surface area contributed by atoms with Crippen molar-refractivity contribution in [1.29, 1.82) is 0 Å². The Labute approximate surface area is 175 Å². The van der Waals surface area contributed by atoms with Gasteiger partial charge in [-0.05, 0) is 36.4 Å². The number of carbonyl (C=O) groups is 1. The van der Waals surface area contributed by atoms with E-state index in [0.29, 0.717) is 16.3 Å². The van der Waals surface area contributed by atoms with Crippen LogP contribution in [-0.4, -0.2) is 46.2 Å². The summed E-state index contributed by atoms with van der Waals surface area (Å²) < 4.78 is 19.9. The zero-order valence-electron chi connectivity index (χ0n) is 15.6. The number of nitrogens with one attached hydrogen (secondary N) is 1. The summed E-state index contributed by atoms with van der Waals surface area (Å²) in [6.07, 6.45) is -0.864. The molecule has 0 aliphatic carbocycles. The summed E-state index contributed by atoms with van der Waals surface area (Å²) >= 11 is 5.94. The first-order chi connectivity index (χ1) is 14.4. The number of carbonyl (C=O) groups excluding carboxylic acids is 1. The molecule has 3 aromatic rings. The summed E-state index contributed by atoms with van der Waals surface area (Å²) in [7, 11) is 0. The van der Waals surface area contributed by atoms with Gasteiger partial charge in [-0.3, -0.25) is 9.59 Å². The molecule has 2 N–H and O–H groups in total. The molecule has 0 saturated carbocycles. The third-order valence-corrected chi connectivity index (χ3v) is 4.97. The summed E-state index contributed by atoms with van der Waals surface area (Å²) in [6, 6.07) is 12.8. The maximum Gasteiger partial charge on any atom is 0.284 e. The van der Waals surface area contributed by atoms with Gasteiger partial charge in [-0.25, -0.2) is 4.39 Å². The van der Waals surface area contributed by atoms with Gasteiger partial charge >= 0.3 is 0 Å². The highest BCUT2D eigenvalue weighted by atomic mass is 35.5. The lowest BCUT2D eigenvalue weighted by molar-refractivity contribution is 0.0884. The highest BCUT2D eigenvalue weighted by molar-refractivity contribution is 6.30. The van der Waals surface area contributed by atoms with Crippen molar-refractivity contribution in [3.05, 3.63) is 81.4 Å². The molecule has 2 aromatic carbocycles. The Bertz CT molecular complexity index is 1150. The first-order valence-electron chi connectivity index (χ1n) is 9.15. The summed E-state index contributed by atoms with van der Waals surface area (Å²) in [4.78, 5) is 25.9. The Balaban J connectivity index is 1.82. The average molecular weight is 430 g/mol. The summed E-state index contributed by atoms with van der Waals surface area (Å²) in [5.74, 6) is -1.23. The van der Waals surface area contributed by atoms with Crippen molar-refractivity contribution in [3.8, 4) is 16.9 Å². The normalized spacial score (nSPS) is 18.4. The van der Waals surface area contributed by atoms with Crippen LogP contribution in [0.1, 0.15) is 10.4 Å². The van der Waals surface area contributed by atoms with E-state index >= 15 is 0 Å². The molecule has 0 radical (unpaired) electrons. The van der Waals surface area contributed by atoms with E-state index in [2.05, 4.69) is 10.4 Å². The summed E-state index contributed by atoms with van der Waals surface area (Å²) in [6.45, 7) is 0.241. The van der Waals surface area contributed by atoms with Crippen LogP contribution >= 0.6 is 11.6 Å². The molecular weight excluding hydrogens is 413 g/mol. The highest BCUT2D eigenvalue weighted by Gasteiger charge is 2.29. The van der Waals surface area contributed by atoms with Crippen LogP contribution in [0.3, 0.4) is 0 Å². The van der Waals surface area contributed by atoms with E-state index in [9.17, 15) is 19.1 Å². The van der Waals surface area contributed by atoms with Gasteiger partial charge in [0.1, 0.15) is 11.4 Å². The fourth-order valence-corrected chi connectivity index (χ4v) is 3.25. The van der Waals surface area contributed by atoms with Crippen LogP contribution in [0.15, 0.2) is 59.4 Å². The Kier molecular flexibility index (Phi) is 5.63. The van der Waals surface area contributed by atoms with Crippen LogP contribution in [-0.2, 0) is 4.74 Å². The predicted molar refractivity (Wildman–Crippen MR) is 108 cm³/mol. The van der Waals surface area contributed by atoms with E-state index in [4.69, 9.17) is 16.3 Å². The molecule has 154 valence electrons. The number of amides is 1. The molecule has 1 saturated heterocycles. The molecule has 2 atom stereocenters. The van der Waals surface area contributed by atoms with Gasteiger partial charge in [0.05, 0.1) is 36.7 Å². The minimum atomic E-state index is -0.864. The van der Waals surface area contributed by atoms with Crippen LogP contribution < -0.4 is 10.9 Å². The third-order valence-electron chi connectivity index (χ3n) is 4.72. The van der Waals surface area contributed by atoms with Gasteiger partial charge in [-0.15, -0.1) is 0 Å². The molecule has 7 nitrogen and oxygen atoms in total. The average Bonchev–Trinajstić information content (AvgIpc) is 3.13. The van der Waals surface area contributed by atoms with Crippen molar-refractivity contribution in [1.82, 2.24) is 15.1 Å². The van der Waals surface area contributed by atoms with Gasteiger partial charge in [0.25, 0.3) is 11.5 Å². The number of hydrogen-bond acceptors (Lipinski definition) is 5. The molecule has 1 aliphatic rings. The molecule has 0 spiro atoms. The van der Waals surface area contributed by atoms with Crippen molar-refractivity contribution >= 4 is 17.5 Å². The molecule has 1 amide bonds. The number of nitrogens with zero attached hydrogens (tertiary/aromatic N) is 2. The smallest absolute Gasteiger partial charge is 0.284 e. The minimum Gasteiger partial charge on any atom is -0.388 e. The van der Waals surface area contributed by atoms with Crippen LogP contribution in [0.4, 0.5) is 4.39 Å². The lowest BCUT2D eigenvalue weighted by Gasteiger charge is -2.16. The standard InChI is InChI=1S/C21H17ClFN3O4/c22-13-6-4-12(5-7-13)17-9-16(20(28)24-18-10-30-11-19(18)27)21(29)26(25-17)15-3-1-2-14(23)8-15/h1-9,18-19,27H,10-11H2,(H,24,28)/t18-,19+/m0/s1. The Morgan fingerprint density at radius 3 is 2.63 bits per heavy atom. The van der Waals surface area contributed by atoms with Gasteiger partial charge in [0, 0.05) is 10.6 Å². The fourth-order valence-electron chi connectivity index (χ4n) is 3.13. The second-order valence-corrected chi connectivity index (χ2v) is 7.27. The molecule has 0 bridgehead atoms. The monoisotopic (exact) mass is 429 g/mol. The fraction of sp³-hybridized carbons (Fsp3) is 0.190. The molecular formula is C21H17ClFN3O4. The zero-order chi connectivity index (χ0) is 21.3. The molecule has 1 aromatic heterocycles. The minimum absolute atomic E-state index is 0.102. The van der Waals surface area contributed by atoms with Gasteiger partial charge in [-0.2, -0.15) is 9.78 Å². The van der Waals surface area contributed by atoms with Crippen molar-refractivity contribution in [2.75, 3.05) is 13.2 Å². The van der Waals surface area contributed by atoms with Crippen molar-refractivity contribution in [2.45, 2.75) is 12.1 Å². The lowest BCUT2D eigenvalue weighted by atomic mass is 10.1. The predicted octanol–water partition coefficient (Wildman–Crippen LogP) is 2.18. The molecule has 2 heterocycles. The Hall–Kier alpha value is -3.07. The number of aliphatic hydroxyl groups excluding tert-OH is 1. The van der Waals surface area contributed by atoms with E-state index in [1.54, 1.807) is 24.3 Å². The van der Waals surface area contributed by atoms with E-state index in [1.807, 2.05) is 0 Å². The van der Waals surface area contributed by atoms with Crippen LogP contribution in [0, 0.1) is 5.82 Å². The highest BCUT2D eigenvalue weighted by Crippen LogP contribution is 2.21. The third kappa shape index (κ3) is 4.11. The summed E-state index contributed by atoms with van der Waals surface area (Å²) in [5, 5.41) is 17.3. The molecule has 30 heavy (non-hydrogen) atoms. The van der Waals surface area contributed by atoms with Crippen LogP contribution in [0.5, 0.6) is 0 Å². The largest absolute Gasteiger partial charge is 0.388 e. The second kappa shape index (κ2) is 8.35. The molecule has 1 fully saturated rings. The maximum atomic E-state index is 13.7. The number of aromatic nitrogens is 2. The lowest BCUT2D eigenvalue weighted by Crippen LogP contribution is -2.44. The molecule has 1 aliphatic heterocycles. The van der Waals surface area contributed by atoms with Gasteiger partial charge in [0.15, 0.2) is 0 Å². The maximum absolute atomic E-state index is 13.7. The van der Waals surface area contributed by atoms with E-state index in [1.165, 1.54) is 24.3 Å². The van der Waals surface area contributed by atoms with Gasteiger partial charge < -0.3 is 15.2 Å². The Morgan fingerprint density at radius 2 is 1.97 bits per heavy atom. The number of benzene rings is 2. The van der Waals surface area contributed by atoms with Crippen LogP contribution in [0.25, 0.3) is 16.9 Å². The van der Waals surface area contributed by atoms with Gasteiger partial charge in [0.2, 0.25) is 0 Å². The number of rotatable bonds is 4. The topological polar surface area (TPSA) is 93.4 Å². The van der Waals surface area contributed by atoms with Crippen LogP contribution in [0.2, 0.25) is 5.02 Å². The molecule has 4 rings (SSSR count). The van der Waals surface area contributed by atoms with Crippen molar-refractivity contribution in [3.63, 3.8) is 0 Å². The number of hydrogen-bond donors (Lipinski definition) is 2. The zero-order valence-corrected chi connectivity index (χ0v) is 16.3. The SMILES string of the molecule is O=C(N[C@H]1COC[C@H]1O)c1cc(-c2ccc(Cl)cc2)nn(-c2cccc(F)c2)c1=O. The number of aliphatic hydroxyl groups is 1.